The first-order chi connectivity index (χ1) is 8.24. The zero-order valence-electron chi connectivity index (χ0n) is 12.1. The molecule has 2 nitrogen and oxygen atoms in total. The summed E-state index contributed by atoms with van der Waals surface area (Å²) in [6.45, 7) is 5.49. The first kappa shape index (κ1) is 15.0. The molecule has 17 heavy (non-hydrogen) atoms. The highest BCUT2D eigenvalue weighted by molar-refractivity contribution is 4.85. The zero-order chi connectivity index (χ0) is 12.7. The number of hydrogen-bond acceptors (Lipinski definition) is 2. The Morgan fingerprint density at radius 3 is 2.53 bits per heavy atom. The van der Waals surface area contributed by atoms with Gasteiger partial charge in [0.05, 0.1) is 0 Å². The van der Waals surface area contributed by atoms with Crippen LogP contribution in [0.5, 0.6) is 0 Å². The van der Waals surface area contributed by atoms with Gasteiger partial charge >= 0.3 is 0 Å². The quantitative estimate of drug-likeness (QED) is 0.739. The fourth-order valence-electron chi connectivity index (χ4n) is 3.41. The van der Waals surface area contributed by atoms with E-state index in [1.165, 1.54) is 51.4 Å². The van der Waals surface area contributed by atoms with E-state index in [2.05, 4.69) is 25.8 Å². The van der Waals surface area contributed by atoms with Gasteiger partial charge in [-0.3, -0.25) is 0 Å². The fraction of sp³-hybridized carbons (Fsp3) is 1.00. The molecule has 1 aliphatic carbocycles. The molecule has 0 bridgehead atoms. The highest BCUT2D eigenvalue weighted by atomic mass is 15.2. The summed E-state index contributed by atoms with van der Waals surface area (Å²) < 4.78 is 0. The van der Waals surface area contributed by atoms with Gasteiger partial charge in [0, 0.05) is 12.1 Å². The van der Waals surface area contributed by atoms with Crippen LogP contribution in [0, 0.1) is 5.92 Å². The summed E-state index contributed by atoms with van der Waals surface area (Å²) in [7, 11) is 2.34. The van der Waals surface area contributed by atoms with Crippen molar-refractivity contribution < 1.29 is 0 Å². The topological polar surface area (TPSA) is 29.3 Å². The Bertz CT molecular complexity index is 193. The molecule has 0 aromatic rings. The average Bonchev–Trinajstić information content (AvgIpc) is 2.39. The van der Waals surface area contributed by atoms with Crippen molar-refractivity contribution in [1.82, 2.24) is 4.90 Å². The molecule has 0 aromatic carbocycles. The second kappa shape index (κ2) is 8.10. The lowest BCUT2D eigenvalue weighted by atomic mass is 9.82. The molecule has 0 saturated heterocycles. The average molecular weight is 240 g/mol. The van der Waals surface area contributed by atoms with Crippen LogP contribution in [-0.4, -0.2) is 30.6 Å². The van der Waals surface area contributed by atoms with Crippen LogP contribution in [0.1, 0.15) is 65.2 Å². The molecule has 102 valence electrons. The normalized spacial score (nSPS) is 27.4. The van der Waals surface area contributed by atoms with Gasteiger partial charge in [-0.25, -0.2) is 0 Å². The molecular weight excluding hydrogens is 208 g/mol. The summed E-state index contributed by atoms with van der Waals surface area (Å²) in [5, 5.41) is 0. The molecule has 1 fully saturated rings. The van der Waals surface area contributed by atoms with Crippen LogP contribution in [0.2, 0.25) is 0 Å². The summed E-state index contributed by atoms with van der Waals surface area (Å²) >= 11 is 0. The lowest BCUT2D eigenvalue weighted by Gasteiger charge is -2.41. The summed E-state index contributed by atoms with van der Waals surface area (Å²) in [6.07, 6.45) is 10.8. The molecule has 0 aromatic heterocycles. The van der Waals surface area contributed by atoms with Crippen molar-refractivity contribution in [2.75, 3.05) is 13.6 Å². The molecule has 3 atom stereocenters. The SMILES string of the molecule is CCCCC(CC)N(C)C1CCCCC1CN. The van der Waals surface area contributed by atoms with Gasteiger partial charge < -0.3 is 10.6 Å². The van der Waals surface area contributed by atoms with Crippen molar-refractivity contribution in [3.8, 4) is 0 Å². The van der Waals surface area contributed by atoms with Crippen molar-refractivity contribution in [3.05, 3.63) is 0 Å². The Kier molecular flexibility index (Phi) is 7.14. The summed E-state index contributed by atoms with van der Waals surface area (Å²) in [5.41, 5.74) is 5.95. The molecule has 1 rings (SSSR count). The van der Waals surface area contributed by atoms with E-state index in [0.29, 0.717) is 0 Å². The van der Waals surface area contributed by atoms with E-state index in [9.17, 15) is 0 Å². The van der Waals surface area contributed by atoms with Crippen molar-refractivity contribution >= 4 is 0 Å². The smallest absolute Gasteiger partial charge is 0.0135 e. The Balaban J connectivity index is 2.54. The molecule has 0 radical (unpaired) electrons. The molecule has 3 unspecified atom stereocenters. The summed E-state index contributed by atoms with van der Waals surface area (Å²) in [5.74, 6) is 0.740. The minimum Gasteiger partial charge on any atom is -0.330 e. The van der Waals surface area contributed by atoms with Crippen LogP contribution in [-0.2, 0) is 0 Å². The van der Waals surface area contributed by atoms with Crippen molar-refractivity contribution in [2.24, 2.45) is 11.7 Å². The maximum atomic E-state index is 5.95. The van der Waals surface area contributed by atoms with E-state index < -0.39 is 0 Å². The van der Waals surface area contributed by atoms with Crippen LogP contribution in [0.4, 0.5) is 0 Å². The van der Waals surface area contributed by atoms with Crippen LogP contribution in [0.25, 0.3) is 0 Å². The van der Waals surface area contributed by atoms with Gasteiger partial charge in [-0.05, 0) is 45.2 Å². The Hall–Kier alpha value is -0.0800. The molecule has 0 spiro atoms. The Morgan fingerprint density at radius 1 is 1.24 bits per heavy atom. The van der Waals surface area contributed by atoms with Crippen molar-refractivity contribution in [3.63, 3.8) is 0 Å². The minimum absolute atomic E-state index is 0.740. The van der Waals surface area contributed by atoms with E-state index in [1.807, 2.05) is 0 Å². The van der Waals surface area contributed by atoms with E-state index in [1.54, 1.807) is 0 Å². The standard InChI is InChI=1S/C15H32N2/c1-4-6-10-14(5-2)17(3)15-11-8-7-9-13(15)12-16/h13-15H,4-12,16H2,1-3H3. The van der Waals surface area contributed by atoms with E-state index in [0.717, 1.165) is 24.5 Å². The predicted octanol–water partition coefficient (Wildman–Crippen LogP) is 3.40. The largest absolute Gasteiger partial charge is 0.330 e. The highest BCUT2D eigenvalue weighted by Crippen LogP contribution is 2.29. The Labute approximate surface area is 108 Å². The molecule has 0 amide bonds. The van der Waals surface area contributed by atoms with Crippen molar-refractivity contribution in [2.45, 2.75) is 77.3 Å². The van der Waals surface area contributed by atoms with Crippen LogP contribution < -0.4 is 5.73 Å². The maximum Gasteiger partial charge on any atom is 0.0135 e. The number of unbranched alkanes of at least 4 members (excludes halogenated alkanes) is 1. The van der Waals surface area contributed by atoms with E-state index >= 15 is 0 Å². The van der Waals surface area contributed by atoms with Gasteiger partial charge in [-0.15, -0.1) is 0 Å². The summed E-state index contributed by atoms with van der Waals surface area (Å²) in [6, 6.07) is 1.52. The fourth-order valence-corrected chi connectivity index (χ4v) is 3.41. The van der Waals surface area contributed by atoms with Crippen LogP contribution >= 0.6 is 0 Å². The van der Waals surface area contributed by atoms with Crippen LogP contribution in [0.15, 0.2) is 0 Å². The van der Waals surface area contributed by atoms with Gasteiger partial charge in [-0.1, -0.05) is 39.5 Å². The monoisotopic (exact) mass is 240 g/mol. The van der Waals surface area contributed by atoms with Gasteiger partial charge in [0.2, 0.25) is 0 Å². The molecule has 2 heteroatoms. The molecule has 1 saturated carbocycles. The second-order valence-electron chi connectivity index (χ2n) is 5.72. The number of nitrogens with zero attached hydrogens (tertiary/aromatic N) is 1. The number of rotatable bonds is 7. The van der Waals surface area contributed by atoms with Crippen LogP contribution in [0.3, 0.4) is 0 Å². The predicted molar refractivity (Wildman–Crippen MR) is 76.2 cm³/mol. The third kappa shape index (κ3) is 4.26. The second-order valence-corrected chi connectivity index (χ2v) is 5.72. The molecule has 1 aliphatic rings. The minimum atomic E-state index is 0.740. The third-order valence-electron chi connectivity index (χ3n) is 4.63. The van der Waals surface area contributed by atoms with E-state index in [4.69, 9.17) is 5.73 Å². The first-order valence-corrected chi connectivity index (χ1v) is 7.66. The summed E-state index contributed by atoms with van der Waals surface area (Å²) in [4.78, 5) is 2.66. The van der Waals surface area contributed by atoms with Gasteiger partial charge in [0.15, 0.2) is 0 Å². The Morgan fingerprint density at radius 2 is 1.94 bits per heavy atom. The lowest BCUT2D eigenvalue weighted by Crippen LogP contribution is -2.47. The van der Waals surface area contributed by atoms with Gasteiger partial charge in [0.1, 0.15) is 0 Å². The molecule has 0 heterocycles. The maximum absolute atomic E-state index is 5.95. The first-order valence-electron chi connectivity index (χ1n) is 7.66. The van der Waals surface area contributed by atoms with Gasteiger partial charge in [-0.2, -0.15) is 0 Å². The zero-order valence-corrected chi connectivity index (χ0v) is 12.1. The van der Waals surface area contributed by atoms with Gasteiger partial charge in [0.25, 0.3) is 0 Å². The lowest BCUT2D eigenvalue weighted by molar-refractivity contribution is 0.0845. The third-order valence-corrected chi connectivity index (χ3v) is 4.63. The number of hydrogen-bond donors (Lipinski definition) is 1. The molecule has 2 N–H and O–H groups in total. The van der Waals surface area contributed by atoms with E-state index in [-0.39, 0.29) is 0 Å². The number of nitrogens with two attached hydrogens (primary N) is 1. The van der Waals surface area contributed by atoms with Crippen molar-refractivity contribution in [1.29, 1.82) is 0 Å². The molecular formula is C15H32N2. The molecule has 0 aliphatic heterocycles. The highest BCUT2D eigenvalue weighted by Gasteiger charge is 2.29.